The van der Waals surface area contributed by atoms with Gasteiger partial charge in [0.2, 0.25) is 0 Å². The van der Waals surface area contributed by atoms with Crippen molar-refractivity contribution in [1.29, 1.82) is 0 Å². The molecule has 21 heavy (non-hydrogen) atoms. The van der Waals surface area contributed by atoms with E-state index in [0.29, 0.717) is 5.57 Å². The van der Waals surface area contributed by atoms with Crippen LogP contribution in [0, 0.1) is 10.1 Å². The number of nitro benzene ring substituents is 1. The van der Waals surface area contributed by atoms with Crippen LogP contribution >= 0.6 is 0 Å². The fourth-order valence-corrected chi connectivity index (χ4v) is 1.77. The topological polar surface area (TPSA) is 69.4 Å². The van der Waals surface area contributed by atoms with E-state index >= 15 is 0 Å². The molecular formula is C16H21NO4. The van der Waals surface area contributed by atoms with Crippen LogP contribution < -0.4 is 0 Å². The first kappa shape index (κ1) is 16.9. The summed E-state index contributed by atoms with van der Waals surface area (Å²) in [6.45, 7) is 4.00. The Bertz CT molecular complexity index is 506. The van der Waals surface area contributed by atoms with Crippen LogP contribution in [0.25, 0.3) is 0 Å². The molecule has 0 aliphatic rings. The second-order valence-electron chi connectivity index (χ2n) is 4.88. The molecule has 1 aromatic rings. The van der Waals surface area contributed by atoms with Gasteiger partial charge in [0, 0.05) is 17.7 Å². The standard InChI is InChI=1S/C16H21NO4/c1-3-4-5-6-7-13(2)16(18)21-12-14-8-10-15(11-9-14)17(19)20/h7-11H,3-6,12H2,1-2H3. The van der Waals surface area contributed by atoms with Gasteiger partial charge in [-0.05, 0) is 37.5 Å². The molecule has 5 heteroatoms. The summed E-state index contributed by atoms with van der Waals surface area (Å²) < 4.78 is 5.17. The predicted molar refractivity (Wildman–Crippen MR) is 80.8 cm³/mol. The molecule has 0 amide bonds. The van der Waals surface area contributed by atoms with Crippen molar-refractivity contribution >= 4 is 11.7 Å². The molecule has 0 atom stereocenters. The zero-order chi connectivity index (χ0) is 15.7. The molecule has 1 aromatic carbocycles. The number of nitrogens with zero attached hydrogens (tertiary/aromatic N) is 1. The zero-order valence-corrected chi connectivity index (χ0v) is 12.5. The van der Waals surface area contributed by atoms with Gasteiger partial charge in [0.15, 0.2) is 0 Å². The molecule has 1 rings (SSSR count). The van der Waals surface area contributed by atoms with Crippen LogP contribution in [0.15, 0.2) is 35.9 Å². The zero-order valence-electron chi connectivity index (χ0n) is 12.5. The summed E-state index contributed by atoms with van der Waals surface area (Å²) >= 11 is 0. The lowest BCUT2D eigenvalue weighted by molar-refractivity contribution is -0.384. The minimum Gasteiger partial charge on any atom is -0.457 e. The van der Waals surface area contributed by atoms with Gasteiger partial charge in [0.1, 0.15) is 6.61 Å². The number of benzene rings is 1. The van der Waals surface area contributed by atoms with Gasteiger partial charge in [-0.15, -0.1) is 0 Å². The van der Waals surface area contributed by atoms with Crippen LogP contribution in [-0.2, 0) is 16.1 Å². The SMILES string of the molecule is CCCCCC=C(C)C(=O)OCc1ccc([N+](=O)[O-])cc1. The summed E-state index contributed by atoms with van der Waals surface area (Å²) in [7, 11) is 0. The molecule has 0 aliphatic carbocycles. The summed E-state index contributed by atoms with van der Waals surface area (Å²) in [5.74, 6) is -0.343. The quantitative estimate of drug-likeness (QED) is 0.237. The first-order valence-corrected chi connectivity index (χ1v) is 7.11. The Hall–Kier alpha value is -2.17. The first-order valence-electron chi connectivity index (χ1n) is 7.11. The Kier molecular flexibility index (Phi) is 7.15. The summed E-state index contributed by atoms with van der Waals surface area (Å²) in [5.41, 5.74) is 1.36. The Morgan fingerprint density at radius 1 is 1.29 bits per heavy atom. The first-order chi connectivity index (χ1) is 10.0. The van der Waals surface area contributed by atoms with Gasteiger partial charge in [-0.1, -0.05) is 25.8 Å². The van der Waals surface area contributed by atoms with Gasteiger partial charge in [0.05, 0.1) is 4.92 Å². The van der Waals surface area contributed by atoms with Gasteiger partial charge in [-0.25, -0.2) is 4.79 Å². The molecule has 0 saturated heterocycles. The van der Waals surface area contributed by atoms with E-state index in [1.807, 2.05) is 6.08 Å². The summed E-state index contributed by atoms with van der Waals surface area (Å²) in [6.07, 6.45) is 6.16. The lowest BCUT2D eigenvalue weighted by Crippen LogP contribution is -2.06. The number of carbonyl (C=O) groups excluding carboxylic acids is 1. The van der Waals surface area contributed by atoms with Crippen molar-refractivity contribution in [2.24, 2.45) is 0 Å². The number of carbonyl (C=O) groups is 1. The highest BCUT2D eigenvalue weighted by Gasteiger charge is 2.07. The van der Waals surface area contributed by atoms with Crippen molar-refractivity contribution in [3.63, 3.8) is 0 Å². The van der Waals surface area contributed by atoms with Crippen molar-refractivity contribution in [2.45, 2.75) is 46.1 Å². The molecular weight excluding hydrogens is 270 g/mol. The van der Waals surface area contributed by atoms with Crippen molar-refractivity contribution in [3.8, 4) is 0 Å². The third-order valence-corrected chi connectivity index (χ3v) is 3.10. The second-order valence-corrected chi connectivity index (χ2v) is 4.88. The van der Waals surface area contributed by atoms with E-state index in [0.717, 1.165) is 31.2 Å². The predicted octanol–water partition coefficient (Wildman–Crippen LogP) is 4.16. The van der Waals surface area contributed by atoms with E-state index in [4.69, 9.17) is 4.74 Å². The Labute approximate surface area is 124 Å². The van der Waals surface area contributed by atoms with E-state index < -0.39 is 4.92 Å². The number of nitro groups is 1. The van der Waals surface area contributed by atoms with E-state index in [1.54, 1.807) is 19.1 Å². The normalized spacial score (nSPS) is 11.2. The van der Waals surface area contributed by atoms with Crippen molar-refractivity contribution in [3.05, 3.63) is 51.6 Å². The van der Waals surface area contributed by atoms with Crippen molar-refractivity contribution in [1.82, 2.24) is 0 Å². The lowest BCUT2D eigenvalue weighted by Gasteiger charge is -2.05. The maximum absolute atomic E-state index is 11.8. The van der Waals surface area contributed by atoms with Gasteiger partial charge >= 0.3 is 5.97 Å². The summed E-state index contributed by atoms with van der Waals surface area (Å²) in [4.78, 5) is 21.8. The molecule has 0 heterocycles. The van der Waals surface area contributed by atoms with E-state index in [1.165, 1.54) is 12.1 Å². The number of esters is 1. The Morgan fingerprint density at radius 3 is 2.52 bits per heavy atom. The highest BCUT2D eigenvalue weighted by Crippen LogP contribution is 2.13. The summed E-state index contributed by atoms with van der Waals surface area (Å²) in [5, 5.41) is 10.5. The molecule has 0 fully saturated rings. The van der Waals surface area contributed by atoms with E-state index in [2.05, 4.69) is 6.92 Å². The smallest absolute Gasteiger partial charge is 0.333 e. The largest absolute Gasteiger partial charge is 0.457 e. The summed E-state index contributed by atoms with van der Waals surface area (Å²) in [6, 6.07) is 5.98. The van der Waals surface area contributed by atoms with Gasteiger partial charge < -0.3 is 4.74 Å². The van der Waals surface area contributed by atoms with Gasteiger partial charge in [0.25, 0.3) is 5.69 Å². The van der Waals surface area contributed by atoms with Gasteiger partial charge in [-0.2, -0.15) is 0 Å². The maximum atomic E-state index is 11.8. The van der Waals surface area contributed by atoms with Crippen LogP contribution in [0.3, 0.4) is 0 Å². The van der Waals surface area contributed by atoms with Gasteiger partial charge in [-0.3, -0.25) is 10.1 Å². The maximum Gasteiger partial charge on any atom is 0.333 e. The Morgan fingerprint density at radius 2 is 1.95 bits per heavy atom. The highest BCUT2D eigenvalue weighted by atomic mass is 16.6. The minimum absolute atomic E-state index is 0.0251. The number of non-ortho nitro benzene ring substituents is 1. The van der Waals surface area contributed by atoms with Crippen LogP contribution in [0.4, 0.5) is 5.69 Å². The third kappa shape index (κ3) is 6.21. The molecule has 0 saturated carbocycles. The van der Waals surface area contributed by atoms with Crippen LogP contribution in [-0.4, -0.2) is 10.9 Å². The molecule has 0 spiro atoms. The number of hydrogen-bond donors (Lipinski definition) is 0. The van der Waals surface area contributed by atoms with Crippen LogP contribution in [0.5, 0.6) is 0 Å². The number of hydrogen-bond acceptors (Lipinski definition) is 4. The van der Waals surface area contributed by atoms with Crippen molar-refractivity contribution in [2.75, 3.05) is 0 Å². The average molecular weight is 291 g/mol. The van der Waals surface area contributed by atoms with E-state index in [-0.39, 0.29) is 18.3 Å². The fourth-order valence-electron chi connectivity index (χ4n) is 1.77. The number of ether oxygens (including phenoxy) is 1. The van der Waals surface area contributed by atoms with Crippen LogP contribution in [0.2, 0.25) is 0 Å². The third-order valence-electron chi connectivity index (χ3n) is 3.10. The van der Waals surface area contributed by atoms with Crippen molar-refractivity contribution < 1.29 is 14.5 Å². The molecule has 0 N–H and O–H groups in total. The molecule has 114 valence electrons. The molecule has 0 unspecified atom stereocenters. The number of rotatable bonds is 8. The lowest BCUT2D eigenvalue weighted by atomic mass is 10.1. The minimum atomic E-state index is -0.459. The number of allylic oxidation sites excluding steroid dienone is 1. The van der Waals surface area contributed by atoms with Crippen LogP contribution in [0.1, 0.15) is 45.1 Å². The molecule has 0 radical (unpaired) electrons. The number of unbranched alkanes of at least 4 members (excludes halogenated alkanes) is 3. The molecule has 0 aliphatic heterocycles. The van der Waals surface area contributed by atoms with E-state index in [9.17, 15) is 14.9 Å². The molecule has 0 bridgehead atoms. The monoisotopic (exact) mass is 291 g/mol. The fraction of sp³-hybridized carbons (Fsp3) is 0.438. The molecule has 5 nitrogen and oxygen atoms in total. The second kappa shape index (κ2) is 8.89. The Balaban J connectivity index is 2.43. The molecule has 0 aromatic heterocycles. The average Bonchev–Trinajstić information content (AvgIpc) is 2.49. The highest BCUT2D eigenvalue weighted by molar-refractivity contribution is 5.87.